The van der Waals surface area contributed by atoms with Gasteiger partial charge in [0, 0.05) is 28.4 Å². The van der Waals surface area contributed by atoms with Crippen LogP contribution in [0.15, 0.2) is 48.1 Å². The first-order chi connectivity index (χ1) is 49.3. The number of carboxylic acids is 1. The highest BCUT2D eigenvalue weighted by atomic mass is 16.8. The molecule has 0 amide bonds. The van der Waals surface area contributed by atoms with Crippen LogP contribution >= 0.6 is 0 Å². The molecule has 12 rings (SSSR count). The maximum absolute atomic E-state index is 14.3. The number of aliphatic hydroxyl groups excluding tert-OH is 15. The number of hydrogen-bond acceptors (Lipinski definition) is 30. The Morgan fingerprint density at radius 3 is 1.70 bits per heavy atom. The van der Waals surface area contributed by atoms with Gasteiger partial charge in [-0.2, -0.15) is 0 Å². The minimum atomic E-state index is -2.32. The van der Waals surface area contributed by atoms with E-state index >= 15 is 0 Å². The molecular weight excluding hydrogens is 1380 g/mol. The topological polar surface area (TPSA) is 486 Å². The van der Waals surface area contributed by atoms with Crippen molar-refractivity contribution in [2.24, 2.45) is 56.2 Å². The fourth-order valence-corrected chi connectivity index (χ4v) is 21.7. The Bertz CT molecular complexity index is 3320. The number of carbonyl (C=O) groups is 3. The highest BCUT2D eigenvalue weighted by molar-refractivity contribution is 5.88. The van der Waals surface area contributed by atoms with E-state index in [2.05, 4.69) is 20.8 Å². The molecular formula is C74H110O31. The van der Waals surface area contributed by atoms with E-state index in [4.69, 9.17) is 56.8 Å². The van der Waals surface area contributed by atoms with Gasteiger partial charge in [-0.25, -0.2) is 14.4 Å². The van der Waals surface area contributed by atoms with E-state index in [0.29, 0.717) is 43.2 Å². The molecule has 105 heavy (non-hydrogen) atoms. The number of benzene rings is 1. The lowest BCUT2D eigenvalue weighted by Crippen LogP contribution is -2.77. The van der Waals surface area contributed by atoms with Crippen LogP contribution in [0.5, 0.6) is 0 Å². The number of carboxylic acid groups (broad SMARTS) is 1. The molecule has 6 saturated heterocycles. The monoisotopic (exact) mass is 1490 g/mol. The normalized spacial score (nSPS) is 51.6. The summed E-state index contributed by atoms with van der Waals surface area (Å²) >= 11 is 0. The molecule has 0 radical (unpaired) electrons. The number of esters is 2. The fraction of sp³-hybridized carbons (Fsp3) is 0.824. The molecule has 5 saturated carbocycles. The zero-order valence-electron chi connectivity index (χ0n) is 61.0. The van der Waals surface area contributed by atoms with Gasteiger partial charge in [0.15, 0.2) is 43.7 Å². The molecule has 31 heteroatoms. The molecule has 592 valence electrons. The van der Waals surface area contributed by atoms with Crippen molar-refractivity contribution in [3.8, 4) is 0 Å². The number of rotatable bonds is 17. The van der Waals surface area contributed by atoms with Crippen LogP contribution < -0.4 is 0 Å². The van der Waals surface area contributed by atoms with Gasteiger partial charge in [0.05, 0.1) is 48.6 Å². The first-order valence-electron chi connectivity index (χ1n) is 36.9. The first kappa shape index (κ1) is 80.6. The predicted molar refractivity (Wildman–Crippen MR) is 358 cm³/mol. The second kappa shape index (κ2) is 29.7. The lowest BCUT2D eigenvalue weighted by Gasteiger charge is -2.75. The van der Waals surface area contributed by atoms with Gasteiger partial charge in [-0.05, 0) is 125 Å². The van der Waals surface area contributed by atoms with Gasteiger partial charge in [0.2, 0.25) is 0 Å². The van der Waals surface area contributed by atoms with Crippen molar-refractivity contribution in [2.45, 2.75) is 311 Å². The number of carbonyl (C=O) groups excluding carboxylic acids is 2. The van der Waals surface area contributed by atoms with E-state index in [1.807, 2.05) is 58.0 Å². The van der Waals surface area contributed by atoms with Crippen LogP contribution in [0, 0.1) is 56.2 Å². The van der Waals surface area contributed by atoms with E-state index in [9.17, 15) is 96.1 Å². The Kier molecular flexibility index (Phi) is 22.8. The maximum atomic E-state index is 14.3. The van der Waals surface area contributed by atoms with Gasteiger partial charge in [0.25, 0.3) is 0 Å². The van der Waals surface area contributed by atoms with Crippen LogP contribution in [-0.4, -0.2) is 296 Å². The average molecular weight is 1500 g/mol. The summed E-state index contributed by atoms with van der Waals surface area (Å²) in [6.45, 7) is 18.5. The summed E-state index contributed by atoms with van der Waals surface area (Å²) < 4.78 is 76.2. The third-order valence-electron chi connectivity index (χ3n) is 27.6. The number of ether oxygens (including phenoxy) is 12. The molecule has 11 aliphatic rings. The number of allylic oxidation sites excluding steroid dienone is 1. The summed E-state index contributed by atoms with van der Waals surface area (Å²) in [4.78, 5) is 42.0. The number of hydrogen-bond donors (Lipinski definition) is 16. The number of aliphatic hydroxyl groups is 15. The van der Waals surface area contributed by atoms with Crippen LogP contribution in [-0.2, 0) is 71.2 Å². The lowest BCUT2D eigenvalue weighted by atomic mass is 9.30. The largest absolute Gasteiger partial charge is 0.479 e. The Balaban J connectivity index is 0.883. The molecule has 1 spiro atoms. The van der Waals surface area contributed by atoms with E-state index in [-0.39, 0.29) is 31.1 Å². The van der Waals surface area contributed by atoms with Crippen LogP contribution in [0.25, 0.3) is 6.08 Å². The molecule has 6 aliphatic heterocycles. The second-order valence-electron chi connectivity index (χ2n) is 33.7. The molecule has 38 atom stereocenters. The van der Waals surface area contributed by atoms with E-state index in [1.54, 1.807) is 26.0 Å². The standard InChI is InChI=1S/C74H110O31/c1-12-30(2)62(92)104-59-60(98-41(78)19-18-33-16-14-13-15-17-33)74-39(26-68(59,5)6)73(105-67(74)93)25-22-38-70(9)23-20-34(69(7,8)37(70)21-24-71(38,10)72(73,11)27-40(74)77)53-58(103-64-51(88)47(84)44(81)35(28-75)96-64)54(52(89)55(99-53)61(90)91)100-66-57(49(86)45(82)36(29-76)97-66)102-65-56(48(85)43(80)32(4)95-65)101-63-50(87)46(83)42(79)31(3)94-63/h12-19,31-32,34-40,42-60,63-67,75-77,79-89,93H,20-29H2,1-11H3,(H,90,91)/b19-18+,30-12-/t31-,32-,34+,35+,36+,37-,38+,39-,40+,42-,43-,44-,45-,46+,47-,48+,49-,50+,51+,52-,53-,54-,55-,56+,57+,58-,59-,60-,63-,64-,65-,66-,67-,70-,71+,72-,73-,74+/m0/s1. The van der Waals surface area contributed by atoms with Crippen LogP contribution in [0.4, 0.5) is 0 Å². The number of aliphatic carboxylic acids is 1. The summed E-state index contributed by atoms with van der Waals surface area (Å²) in [5.41, 5.74) is -5.94. The molecule has 16 N–H and O–H groups in total. The minimum absolute atomic E-state index is 0.0734. The first-order valence-corrected chi connectivity index (χ1v) is 36.9. The zero-order chi connectivity index (χ0) is 76.7. The van der Waals surface area contributed by atoms with Gasteiger partial charge < -0.3 is 139 Å². The maximum Gasteiger partial charge on any atom is 0.335 e. The molecule has 31 nitrogen and oxygen atoms in total. The highest BCUT2D eigenvalue weighted by Gasteiger charge is 2.86. The molecule has 11 fully saturated rings. The van der Waals surface area contributed by atoms with Gasteiger partial charge in [0.1, 0.15) is 110 Å². The van der Waals surface area contributed by atoms with E-state index < -0.39 is 259 Å². The van der Waals surface area contributed by atoms with Gasteiger partial charge in [-0.15, -0.1) is 0 Å². The van der Waals surface area contributed by atoms with Crippen LogP contribution in [0.1, 0.15) is 133 Å². The second-order valence-corrected chi connectivity index (χ2v) is 33.7. The van der Waals surface area contributed by atoms with Crippen molar-refractivity contribution < 1.29 is 153 Å². The van der Waals surface area contributed by atoms with Crippen molar-refractivity contribution in [3.05, 3.63) is 53.6 Å². The van der Waals surface area contributed by atoms with Crippen molar-refractivity contribution in [1.82, 2.24) is 0 Å². The Morgan fingerprint density at radius 1 is 0.552 bits per heavy atom. The summed E-state index contributed by atoms with van der Waals surface area (Å²) in [5, 5.41) is 184. The van der Waals surface area contributed by atoms with Crippen molar-refractivity contribution in [1.29, 1.82) is 0 Å². The van der Waals surface area contributed by atoms with E-state index in [1.165, 1.54) is 19.9 Å². The number of fused-ring (bicyclic) bond motifs is 4. The van der Waals surface area contributed by atoms with Crippen molar-refractivity contribution in [2.75, 3.05) is 13.2 Å². The summed E-state index contributed by atoms with van der Waals surface area (Å²) in [6.07, 6.45) is -45.4. The Hall–Kier alpha value is -3.89. The molecule has 0 aromatic heterocycles. The molecule has 1 aromatic rings. The predicted octanol–water partition coefficient (Wildman–Crippen LogP) is -1.06. The zero-order valence-corrected chi connectivity index (χ0v) is 61.0. The van der Waals surface area contributed by atoms with Crippen molar-refractivity contribution >= 4 is 24.0 Å². The third-order valence-corrected chi connectivity index (χ3v) is 27.6. The van der Waals surface area contributed by atoms with E-state index in [0.717, 1.165) is 0 Å². The van der Waals surface area contributed by atoms with Crippen LogP contribution in [0.2, 0.25) is 0 Å². The molecule has 5 aliphatic carbocycles. The Morgan fingerprint density at radius 2 is 1.09 bits per heavy atom. The molecule has 0 unspecified atom stereocenters. The SMILES string of the molecule is C/C=C(/C)C(=O)O[C@H]1[C@H](OC(=O)/C=C/c2ccccc2)[C@@]23[C@H](O)C[C@]4(C)[C@@](CC[C@@H]5[C@@]6(C)CC[C@H]([C@@H]7O[C@H](C(=O)O)[C@@H](O)[C@H](O[C@@H]8O[C@H](CO)[C@H](O)[C@H](O)[C@H]8O[C@@H]8O[C@@H](C)[C@H](O)[C@@H](O)[C@H]8O[C@@H]8O[C@@H](C)[C@H](O)[C@@H](O)[C@H]8O)[C@H]7O[C@@H]7O[C@H](CO)[C@H](O)[C@H](O)[C@H]7O)C(C)(C)[C@@H]6CC[C@]54C)(O[C@@H]2O)[C@@H]3CC1(C)C. The van der Waals surface area contributed by atoms with Crippen LogP contribution in [0.3, 0.4) is 0 Å². The molecule has 2 bridgehead atoms. The Labute approximate surface area is 608 Å². The quantitative estimate of drug-likeness (QED) is 0.0653. The highest BCUT2D eigenvalue weighted by Crippen LogP contribution is 2.82. The lowest BCUT2D eigenvalue weighted by molar-refractivity contribution is -0.403. The van der Waals surface area contributed by atoms with Crippen molar-refractivity contribution in [3.63, 3.8) is 0 Å². The fourth-order valence-electron chi connectivity index (χ4n) is 21.7. The van der Waals surface area contributed by atoms with Gasteiger partial charge >= 0.3 is 17.9 Å². The summed E-state index contributed by atoms with van der Waals surface area (Å²) in [6, 6.07) is 9.09. The van der Waals surface area contributed by atoms with Gasteiger partial charge in [-0.1, -0.05) is 84.9 Å². The smallest absolute Gasteiger partial charge is 0.335 e. The molecule has 6 heterocycles. The third kappa shape index (κ3) is 13.0. The summed E-state index contributed by atoms with van der Waals surface area (Å²) in [7, 11) is 0. The summed E-state index contributed by atoms with van der Waals surface area (Å²) in [5.74, 6) is -5.05. The van der Waals surface area contributed by atoms with Gasteiger partial charge in [-0.3, -0.25) is 0 Å². The average Bonchev–Trinajstić information content (AvgIpc) is 1.53. The minimum Gasteiger partial charge on any atom is -0.479 e. The molecule has 1 aromatic carbocycles.